The maximum Gasteiger partial charge on any atom is 0.277 e. The lowest BCUT2D eigenvalue weighted by molar-refractivity contribution is -0.117. The number of carbonyl (C=O) groups excluding carboxylic acids is 2. The summed E-state index contributed by atoms with van der Waals surface area (Å²) in [5, 5.41) is 10.2. The van der Waals surface area contributed by atoms with Crippen molar-refractivity contribution < 1.29 is 23.1 Å². The minimum absolute atomic E-state index is 0.0621. The Bertz CT molecular complexity index is 947. The Labute approximate surface area is 164 Å². The third-order valence-corrected chi connectivity index (χ3v) is 4.33. The molecule has 0 fully saturated rings. The molecule has 0 saturated heterocycles. The van der Waals surface area contributed by atoms with E-state index in [2.05, 4.69) is 15.5 Å². The number of amides is 2. The van der Waals surface area contributed by atoms with Gasteiger partial charge in [0.1, 0.15) is 11.6 Å². The van der Waals surface area contributed by atoms with E-state index in [0.717, 1.165) is 11.8 Å². The first-order chi connectivity index (χ1) is 13.5. The first kappa shape index (κ1) is 19.6. The number of aromatic nitrogens is 2. The fourth-order valence-corrected chi connectivity index (χ4v) is 2.73. The highest BCUT2D eigenvalue weighted by molar-refractivity contribution is 7.99. The minimum Gasteiger partial charge on any atom is -0.481 e. The van der Waals surface area contributed by atoms with Crippen molar-refractivity contribution in [2.24, 2.45) is 0 Å². The van der Waals surface area contributed by atoms with Gasteiger partial charge in [-0.25, -0.2) is 4.39 Å². The van der Waals surface area contributed by atoms with E-state index in [9.17, 15) is 14.0 Å². The highest BCUT2D eigenvalue weighted by Gasteiger charge is 2.17. The van der Waals surface area contributed by atoms with Crippen LogP contribution in [0.15, 0.2) is 64.2 Å². The number of carbonyl (C=O) groups is 2. The number of hydrogen-bond acceptors (Lipinski definition) is 7. The van der Waals surface area contributed by atoms with Crippen LogP contribution in [-0.4, -0.2) is 27.8 Å². The Morgan fingerprint density at radius 2 is 1.86 bits per heavy atom. The van der Waals surface area contributed by atoms with Crippen LogP contribution >= 0.6 is 11.8 Å². The molecule has 2 aromatic carbocycles. The van der Waals surface area contributed by atoms with Crippen LogP contribution in [0.25, 0.3) is 0 Å². The first-order valence-corrected chi connectivity index (χ1v) is 9.27. The molecule has 0 saturated carbocycles. The number of ether oxygens (including phenoxy) is 1. The molecule has 9 heteroatoms. The Kier molecular flexibility index (Phi) is 6.38. The van der Waals surface area contributed by atoms with E-state index in [4.69, 9.17) is 9.15 Å². The summed E-state index contributed by atoms with van der Waals surface area (Å²) in [6, 6.07) is 14.0. The lowest BCUT2D eigenvalue weighted by atomic mass is 10.2. The molecule has 1 N–H and O–H groups in total. The van der Waals surface area contributed by atoms with Crippen molar-refractivity contribution in [1.82, 2.24) is 15.5 Å². The van der Waals surface area contributed by atoms with Crippen molar-refractivity contribution in [3.05, 3.63) is 71.9 Å². The number of nitrogens with one attached hydrogen (secondary N) is 1. The van der Waals surface area contributed by atoms with Gasteiger partial charge in [-0.1, -0.05) is 30.0 Å². The van der Waals surface area contributed by atoms with Crippen molar-refractivity contribution in [2.75, 3.05) is 5.75 Å². The van der Waals surface area contributed by atoms with Gasteiger partial charge in [0.15, 0.2) is 6.10 Å². The Hall–Kier alpha value is -3.20. The van der Waals surface area contributed by atoms with Crippen LogP contribution in [0.4, 0.5) is 4.39 Å². The van der Waals surface area contributed by atoms with Gasteiger partial charge in [0.05, 0.1) is 5.75 Å². The molecule has 1 heterocycles. The zero-order chi connectivity index (χ0) is 19.9. The van der Waals surface area contributed by atoms with Crippen LogP contribution in [0.5, 0.6) is 5.75 Å². The monoisotopic (exact) mass is 401 g/mol. The van der Waals surface area contributed by atoms with Gasteiger partial charge in [-0.3, -0.25) is 14.9 Å². The zero-order valence-electron chi connectivity index (χ0n) is 14.8. The van der Waals surface area contributed by atoms with E-state index in [0.29, 0.717) is 11.3 Å². The molecule has 3 aromatic rings. The number of hydrogen-bond donors (Lipinski definition) is 1. The quantitative estimate of drug-likeness (QED) is 0.606. The smallest absolute Gasteiger partial charge is 0.277 e. The molecule has 3 rings (SSSR count). The van der Waals surface area contributed by atoms with Crippen LogP contribution in [0.2, 0.25) is 0 Å². The number of nitrogens with zero attached hydrogens (tertiary/aromatic N) is 2. The molecule has 0 bridgehead atoms. The highest BCUT2D eigenvalue weighted by Crippen LogP contribution is 2.24. The van der Waals surface area contributed by atoms with Gasteiger partial charge in [-0.2, -0.15) is 0 Å². The van der Waals surface area contributed by atoms with E-state index >= 15 is 0 Å². The molecule has 28 heavy (non-hydrogen) atoms. The summed E-state index contributed by atoms with van der Waals surface area (Å²) in [6.45, 7) is 1.70. The molecule has 0 aliphatic carbocycles. The topological polar surface area (TPSA) is 94.3 Å². The number of imide groups is 1. The maximum atomic E-state index is 12.9. The summed E-state index contributed by atoms with van der Waals surface area (Å²) in [6.07, 6.45) is -0.555. The molecule has 0 aliphatic rings. The standard InChI is InChI=1S/C19H16FN3O4S/c1-12(26-15-9-7-14(20)8-10-15)18-22-23-19(27-18)28-11-16(24)21-17(25)13-5-3-2-4-6-13/h2-10,12H,11H2,1H3,(H,21,24,25)/t12-/m0/s1. The Morgan fingerprint density at radius 3 is 2.57 bits per heavy atom. The van der Waals surface area contributed by atoms with Gasteiger partial charge < -0.3 is 9.15 Å². The van der Waals surface area contributed by atoms with E-state index in [1.165, 1.54) is 24.3 Å². The lowest BCUT2D eigenvalue weighted by Crippen LogP contribution is -2.31. The van der Waals surface area contributed by atoms with Gasteiger partial charge in [-0.05, 0) is 43.3 Å². The predicted octanol–water partition coefficient (Wildman–Crippen LogP) is 3.40. The van der Waals surface area contributed by atoms with Crippen LogP contribution in [0.3, 0.4) is 0 Å². The van der Waals surface area contributed by atoms with Crippen molar-refractivity contribution in [2.45, 2.75) is 18.3 Å². The average Bonchev–Trinajstić information content (AvgIpc) is 3.18. The SMILES string of the molecule is C[C@H](Oc1ccc(F)cc1)c1nnc(SCC(=O)NC(=O)c2ccccc2)o1. The van der Waals surface area contributed by atoms with Gasteiger partial charge in [0, 0.05) is 5.56 Å². The average molecular weight is 401 g/mol. The summed E-state index contributed by atoms with van der Waals surface area (Å²) in [4.78, 5) is 23.8. The molecule has 0 aliphatic heterocycles. The molecule has 0 spiro atoms. The minimum atomic E-state index is -0.555. The number of halogens is 1. The van der Waals surface area contributed by atoms with Gasteiger partial charge in [0.25, 0.3) is 17.0 Å². The van der Waals surface area contributed by atoms with Crippen molar-refractivity contribution >= 4 is 23.6 Å². The molecule has 1 aromatic heterocycles. The molecule has 0 radical (unpaired) electrons. The fourth-order valence-electron chi connectivity index (χ4n) is 2.16. The Balaban J connectivity index is 1.49. The molecule has 2 amide bonds. The van der Waals surface area contributed by atoms with Crippen LogP contribution < -0.4 is 10.1 Å². The number of thioether (sulfide) groups is 1. The normalized spacial score (nSPS) is 11.6. The number of rotatable bonds is 7. The largest absolute Gasteiger partial charge is 0.481 e. The molecular weight excluding hydrogens is 385 g/mol. The van der Waals surface area contributed by atoms with E-state index in [1.54, 1.807) is 37.3 Å². The van der Waals surface area contributed by atoms with Gasteiger partial charge in [-0.15, -0.1) is 10.2 Å². The lowest BCUT2D eigenvalue weighted by Gasteiger charge is -2.10. The van der Waals surface area contributed by atoms with E-state index in [-0.39, 0.29) is 22.7 Å². The zero-order valence-corrected chi connectivity index (χ0v) is 15.6. The second-order valence-corrected chi connectivity index (χ2v) is 6.58. The summed E-state index contributed by atoms with van der Waals surface area (Å²) >= 11 is 1.00. The van der Waals surface area contributed by atoms with Crippen LogP contribution in [0, 0.1) is 5.82 Å². The van der Waals surface area contributed by atoms with Crippen molar-refractivity contribution in [3.63, 3.8) is 0 Å². The van der Waals surface area contributed by atoms with Crippen LogP contribution in [0.1, 0.15) is 29.3 Å². The number of benzene rings is 2. The third kappa shape index (κ3) is 5.40. The van der Waals surface area contributed by atoms with Crippen molar-refractivity contribution in [1.29, 1.82) is 0 Å². The van der Waals surface area contributed by atoms with Gasteiger partial charge in [0.2, 0.25) is 5.91 Å². The summed E-state index contributed by atoms with van der Waals surface area (Å²) in [7, 11) is 0. The summed E-state index contributed by atoms with van der Waals surface area (Å²) in [5.41, 5.74) is 0.396. The van der Waals surface area contributed by atoms with Crippen molar-refractivity contribution in [3.8, 4) is 5.75 Å². The molecular formula is C19H16FN3O4S. The second-order valence-electron chi connectivity index (χ2n) is 5.65. The molecule has 144 valence electrons. The second kappa shape index (κ2) is 9.14. The Morgan fingerprint density at radius 1 is 1.14 bits per heavy atom. The molecule has 1 atom stereocenters. The highest BCUT2D eigenvalue weighted by atomic mass is 32.2. The van der Waals surface area contributed by atoms with Gasteiger partial charge >= 0.3 is 0 Å². The first-order valence-electron chi connectivity index (χ1n) is 8.29. The summed E-state index contributed by atoms with van der Waals surface area (Å²) < 4.78 is 24.0. The molecule has 7 nitrogen and oxygen atoms in total. The maximum absolute atomic E-state index is 12.9. The van der Waals surface area contributed by atoms with Crippen LogP contribution in [-0.2, 0) is 4.79 Å². The third-order valence-electron chi connectivity index (χ3n) is 3.51. The molecule has 0 unspecified atom stereocenters. The van der Waals surface area contributed by atoms with E-state index < -0.39 is 17.9 Å². The predicted molar refractivity (Wildman–Crippen MR) is 99.4 cm³/mol. The van der Waals surface area contributed by atoms with E-state index in [1.807, 2.05) is 0 Å². The summed E-state index contributed by atoms with van der Waals surface area (Å²) in [5.74, 6) is -0.700. The fraction of sp³-hybridized carbons (Fsp3) is 0.158.